The molecule has 146 valence electrons. The minimum Gasteiger partial charge on any atom is -0.497 e. The molecule has 27 heavy (non-hydrogen) atoms. The first-order valence-corrected chi connectivity index (χ1v) is 9.62. The molecule has 0 radical (unpaired) electrons. The van der Waals surface area contributed by atoms with Crippen molar-refractivity contribution >= 4 is 15.9 Å². The smallest absolute Gasteiger partial charge is 0.311 e. The average Bonchev–Trinajstić information content (AvgIpc) is 3.13. The number of sulfonamides is 1. The zero-order chi connectivity index (χ0) is 19.6. The van der Waals surface area contributed by atoms with Gasteiger partial charge in [0.05, 0.1) is 14.2 Å². The lowest BCUT2D eigenvalue weighted by Crippen LogP contribution is -2.50. The molecular weight excluding hydrogens is 376 g/mol. The Kier molecular flexibility index (Phi) is 5.33. The molecular formula is C16H20N4O6S. The fourth-order valence-corrected chi connectivity index (χ4v) is 4.37. The van der Waals surface area contributed by atoms with E-state index in [0.717, 1.165) is 0 Å². The van der Waals surface area contributed by atoms with Gasteiger partial charge in [-0.2, -0.15) is 4.31 Å². The van der Waals surface area contributed by atoms with E-state index >= 15 is 0 Å². The minimum atomic E-state index is -3.81. The van der Waals surface area contributed by atoms with Crippen molar-refractivity contribution in [3.63, 3.8) is 0 Å². The Bertz CT molecular complexity index is 934. The van der Waals surface area contributed by atoms with Gasteiger partial charge in [-0.3, -0.25) is 4.79 Å². The van der Waals surface area contributed by atoms with Gasteiger partial charge in [0.1, 0.15) is 16.4 Å². The predicted octanol–water partition coefficient (Wildman–Crippen LogP) is 0.542. The second kappa shape index (κ2) is 7.53. The van der Waals surface area contributed by atoms with Crippen molar-refractivity contribution in [3.05, 3.63) is 30.0 Å². The van der Waals surface area contributed by atoms with Gasteiger partial charge in [0.15, 0.2) is 0 Å². The van der Waals surface area contributed by atoms with Crippen LogP contribution in [0.1, 0.15) is 16.6 Å². The quantitative estimate of drug-likeness (QED) is 0.719. The fourth-order valence-electron chi connectivity index (χ4n) is 2.77. The lowest BCUT2D eigenvalue weighted by Gasteiger charge is -2.33. The van der Waals surface area contributed by atoms with Crippen LogP contribution in [-0.4, -0.2) is 74.1 Å². The molecule has 1 aliphatic rings. The lowest BCUT2D eigenvalue weighted by atomic mass is 10.3. The van der Waals surface area contributed by atoms with Gasteiger partial charge in [-0.25, -0.2) is 8.42 Å². The molecule has 0 unspecified atom stereocenters. The fraction of sp³-hybridized carbons (Fsp3) is 0.438. The van der Waals surface area contributed by atoms with E-state index in [-0.39, 0.29) is 42.7 Å². The van der Waals surface area contributed by atoms with E-state index in [1.165, 1.54) is 29.5 Å². The summed E-state index contributed by atoms with van der Waals surface area (Å²) in [6.07, 6.45) is 0. The number of piperazine rings is 1. The summed E-state index contributed by atoms with van der Waals surface area (Å²) in [6, 6.07) is 4.59. The number of ether oxygens (including phenoxy) is 2. The summed E-state index contributed by atoms with van der Waals surface area (Å²) in [5, 5.41) is 7.34. The summed E-state index contributed by atoms with van der Waals surface area (Å²) in [7, 11) is -0.941. The molecule has 2 aromatic rings. The monoisotopic (exact) mass is 396 g/mol. The number of rotatable bonds is 5. The molecule has 1 aromatic carbocycles. The van der Waals surface area contributed by atoms with Gasteiger partial charge in [0.25, 0.3) is 0 Å². The van der Waals surface area contributed by atoms with Gasteiger partial charge in [-0.15, -0.1) is 10.2 Å². The first-order chi connectivity index (χ1) is 12.9. The predicted molar refractivity (Wildman–Crippen MR) is 93.2 cm³/mol. The van der Waals surface area contributed by atoms with Crippen LogP contribution >= 0.6 is 0 Å². The first-order valence-electron chi connectivity index (χ1n) is 8.18. The number of aryl methyl sites for hydroxylation is 1. The summed E-state index contributed by atoms with van der Waals surface area (Å²) in [5.41, 5.74) is 0. The second-order valence-corrected chi connectivity index (χ2v) is 7.75. The van der Waals surface area contributed by atoms with E-state index in [0.29, 0.717) is 11.6 Å². The number of amides is 1. The standard InChI is InChI=1S/C16H20N4O6S/c1-11-17-18-15(26-11)16(21)19-6-8-20(9-7-19)27(22,23)14-10-12(24-2)4-5-13(14)25-3/h4-5,10H,6-9H2,1-3H3. The van der Waals surface area contributed by atoms with Crippen LogP contribution in [-0.2, 0) is 10.0 Å². The normalized spacial score (nSPS) is 15.6. The first kappa shape index (κ1) is 19.1. The minimum absolute atomic E-state index is 0.0247. The van der Waals surface area contributed by atoms with Crippen LogP contribution in [0.25, 0.3) is 0 Å². The number of hydrogen-bond acceptors (Lipinski definition) is 8. The maximum atomic E-state index is 13.0. The molecule has 0 N–H and O–H groups in total. The molecule has 0 bridgehead atoms. The second-order valence-electron chi connectivity index (χ2n) is 5.84. The maximum Gasteiger partial charge on any atom is 0.311 e. The Balaban J connectivity index is 1.76. The summed E-state index contributed by atoms with van der Waals surface area (Å²) >= 11 is 0. The third-order valence-corrected chi connectivity index (χ3v) is 6.14. The van der Waals surface area contributed by atoms with Gasteiger partial charge in [0, 0.05) is 39.2 Å². The van der Waals surface area contributed by atoms with Crippen molar-refractivity contribution in [3.8, 4) is 11.5 Å². The zero-order valence-corrected chi connectivity index (χ0v) is 16.0. The van der Waals surface area contributed by atoms with Gasteiger partial charge in [0.2, 0.25) is 15.9 Å². The van der Waals surface area contributed by atoms with Crippen LogP contribution in [0, 0.1) is 6.92 Å². The zero-order valence-electron chi connectivity index (χ0n) is 15.2. The largest absolute Gasteiger partial charge is 0.497 e. The number of benzene rings is 1. The Morgan fingerprint density at radius 2 is 1.81 bits per heavy atom. The van der Waals surface area contributed by atoms with Crippen LogP contribution in [0.5, 0.6) is 11.5 Å². The summed E-state index contributed by atoms with van der Waals surface area (Å²) in [6.45, 7) is 2.30. The molecule has 0 spiro atoms. The average molecular weight is 396 g/mol. The van der Waals surface area contributed by atoms with E-state index in [9.17, 15) is 13.2 Å². The summed E-state index contributed by atoms with van der Waals surface area (Å²) in [4.78, 5) is 13.9. The van der Waals surface area contributed by atoms with E-state index in [1.807, 2.05) is 0 Å². The van der Waals surface area contributed by atoms with E-state index in [2.05, 4.69) is 10.2 Å². The van der Waals surface area contributed by atoms with E-state index in [4.69, 9.17) is 13.9 Å². The molecule has 0 atom stereocenters. The molecule has 1 aliphatic heterocycles. The molecule has 11 heteroatoms. The van der Waals surface area contributed by atoms with Gasteiger partial charge in [-0.05, 0) is 12.1 Å². The van der Waals surface area contributed by atoms with Gasteiger partial charge >= 0.3 is 11.8 Å². The van der Waals surface area contributed by atoms with Crippen LogP contribution in [0.4, 0.5) is 0 Å². The molecule has 3 rings (SSSR count). The molecule has 10 nitrogen and oxygen atoms in total. The highest BCUT2D eigenvalue weighted by Crippen LogP contribution is 2.31. The Morgan fingerprint density at radius 3 is 2.37 bits per heavy atom. The van der Waals surface area contributed by atoms with Crippen molar-refractivity contribution < 1.29 is 27.1 Å². The molecule has 1 saturated heterocycles. The van der Waals surface area contributed by atoms with Crippen molar-refractivity contribution in [1.29, 1.82) is 0 Å². The third-order valence-electron chi connectivity index (χ3n) is 4.22. The molecule has 1 fully saturated rings. The van der Waals surface area contributed by atoms with Crippen LogP contribution < -0.4 is 9.47 Å². The molecule has 0 saturated carbocycles. The number of carbonyl (C=O) groups is 1. The third kappa shape index (κ3) is 3.74. The number of aromatic nitrogens is 2. The number of hydrogen-bond donors (Lipinski definition) is 0. The molecule has 2 heterocycles. The molecule has 0 aliphatic carbocycles. The van der Waals surface area contributed by atoms with Crippen LogP contribution in [0.15, 0.2) is 27.5 Å². The topological polar surface area (TPSA) is 115 Å². The van der Waals surface area contributed by atoms with Crippen molar-refractivity contribution in [2.45, 2.75) is 11.8 Å². The Hall–Kier alpha value is -2.66. The summed E-state index contributed by atoms with van der Waals surface area (Å²) < 4.78 is 42.8. The SMILES string of the molecule is COc1ccc(OC)c(S(=O)(=O)N2CCN(C(=O)c3nnc(C)o3)CC2)c1. The van der Waals surface area contributed by atoms with Crippen molar-refractivity contribution in [2.24, 2.45) is 0 Å². The van der Waals surface area contributed by atoms with Crippen molar-refractivity contribution in [1.82, 2.24) is 19.4 Å². The highest BCUT2D eigenvalue weighted by molar-refractivity contribution is 7.89. The lowest BCUT2D eigenvalue weighted by molar-refractivity contribution is 0.0656. The van der Waals surface area contributed by atoms with Crippen LogP contribution in [0.3, 0.4) is 0 Å². The maximum absolute atomic E-state index is 13.0. The highest BCUT2D eigenvalue weighted by atomic mass is 32.2. The van der Waals surface area contributed by atoms with Gasteiger partial charge < -0.3 is 18.8 Å². The van der Waals surface area contributed by atoms with Gasteiger partial charge in [-0.1, -0.05) is 0 Å². The number of methoxy groups -OCH3 is 2. The van der Waals surface area contributed by atoms with Crippen molar-refractivity contribution in [2.75, 3.05) is 40.4 Å². The highest BCUT2D eigenvalue weighted by Gasteiger charge is 2.33. The number of nitrogens with zero attached hydrogens (tertiary/aromatic N) is 4. The van der Waals surface area contributed by atoms with E-state index < -0.39 is 15.9 Å². The summed E-state index contributed by atoms with van der Waals surface area (Å²) in [5.74, 6) is 0.431. The Labute approximate surface area is 156 Å². The molecule has 1 amide bonds. The number of carbonyl (C=O) groups excluding carboxylic acids is 1. The van der Waals surface area contributed by atoms with Crippen LogP contribution in [0.2, 0.25) is 0 Å². The Morgan fingerprint density at radius 1 is 1.11 bits per heavy atom. The van der Waals surface area contributed by atoms with E-state index in [1.54, 1.807) is 19.1 Å². The molecule has 1 aromatic heterocycles.